The molecule has 0 saturated carbocycles. The molecule has 0 aliphatic rings. The average molecular weight is 863 g/mol. The van der Waals surface area contributed by atoms with E-state index in [1.54, 1.807) is 0 Å². The molecule has 14 aromatic rings. The minimum atomic E-state index is 1.12. The first-order chi connectivity index (χ1) is 33.7. The van der Waals surface area contributed by atoms with Gasteiger partial charge in [-0.15, -0.1) is 0 Å². The molecule has 0 spiro atoms. The van der Waals surface area contributed by atoms with Crippen LogP contribution in [-0.4, -0.2) is 4.57 Å². The fraction of sp³-hybridized carbons (Fsp3) is 0. The van der Waals surface area contributed by atoms with Gasteiger partial charge in [0.1, 0.15) is 0 Å². The monoisotopic (exact) mass is 862 g/mol. The van der Waals surface area contributed by atoms with E-state index in [4.69, 9.17) is 0 Å². The quantitative estimate of drug-likeness (QED) is 0.119. The molecule has 2 heteroatoms. The number of nitrogens with zero attached hydrogens (tertiary/aromatic N) is 2. The van der Waals surface area contributed by atoms with E-state index in [-0.39, 0.29) is 0 Å². The number of rotatable bonds is 6. The highest BCUT2D eigenvalue weighted by atomic mass is 15.1. The van der Waals surface area contributed by atoms with Gasteiger partial charge in [-0.05, 0) is 178 Å². The van der Waals surface area contributed by atoms with Crippen LogP contribution in [0.3, 0.4) is 0 Å². The molecule has 1 aromatic heterocycles. The number of benzene rings is 13. The summed E-state index contributed by atoms with van der Waals surface area (Å²) in [5.41, 5.74) is 11.6. The lowest BCUT2D eigenvalue weighted by Crippen LogP contribution is -2.09. The van der Waals surface area contributed by atoms with Crippen LogP contribution in [0, 0.1) is 0 Å². The maximum atomic E-state index is 2.50. The lowest BCUT2D eigenvalue weighted by molar-refractivity contribution is 1.18. The van der Waals surface area contributed by atoms with E-state index in [9.17, 15) is 0 Å². The lowest BCUT2D eigenvalue weighted by Gasteiger charge is -2.26. The second-order valence-corrected chi connectivity index (χ2v) is 18.1. The highest BCUT2D eigenvalue weighted by Gasteiger charge is 2.20. The van der Waals surface area contributed by atoms with Crippen molar-refractivity contribution in [3.63, 3.8) is 0 Å². The number of fused-ring (bicyclic) bond motifs is 13. The summed E-state index contributed by atoms with van der Waals surface area (Å²) in [6, 6.07) is 94.0. The van der Waals surface area contributed by atoms with E-state index in [2.05, 4.69) is 264 Å². The van der Waals surface area contributed by atoms with Gasteiger partial charge in [0.25, 0.3) is 0 Å². The zero-order valence-corrected chi connectivity index (χ0v) is 37.1. The van der Waals surface area contributed by atoms with Crippen molar-refractivity contribution >= 4 is 104 Å². The molecule has 0 amide bonds. The van der Waals surface area contributed by atoms with Gasteiger partial charge in [0.2, 0.25) is 0 Å². The van der Waals surface area contributed by atoms with Crippen molar-refractivity contribution < 1.29 is 0 Å². The lowest BCUT2D eigenvalue weighted by atomic mass is 9.91. The minimum absolute atomic E-state index is 1.12. The van der Waals surface area contributed by atoms with Gasteiger partial charge in [0, 0.05) is 33.5 Å². The topological polar surface area (TPSA) is 8.17 Å². The molecular formula is C66H42N2. The second kappa shape index (κ2) is 15.3. The Bertz CT molecular complexity index is 4180. The molecule has 0 atom stereocenters. The van der Waals surface area contributed by atoms with Crippen LogP contribution in [0.5, 0.6) is 0 Å². The number of aromatic nitrogens is 1. The van der Waals surface area contributed by atoms with E-state index in [0.717, 1.165) is 22.7 Å². The van der Waals surface area contributed by atoms with Crippen molar-refractivity contribution in [1.82, 2.24) is 4.57 Å². The van der Waals surface area contributed by atoms with Crippen molar-refractivity contribution in [3.8, 4) is 27.9 Å². The van der Waals surface area contributed by atoms with E-state index >= 15 is 0 Å². The Labute approximate surface area is 393 Å². The van der Waals surface area contributed by atoms with Gasteiger partial charge in [-0.2, -0.15) is 0 Å². The molecule has 0 aliphatic heterocycles. The predicted octanol–water partition coefficient (Wildman–Crippen LogP) is 18.5. The average Bonchev–Trinajstić information content (AvgIpc) is 3.76. The van der Waals surface area contributed by atoms with Crippen molar-refractivity contribution in [2.45, 2.75) is 0 Å². The molecule has 14 rings (SSSR count). The molecule has 0 bridgehead atoms. The molecule has 0 radical (unpaired) electrons. The van der Waals surface area contributed by atoms with Crippen LogP contribution < -0.4 is 4.90 Å². The fourth-order valence-corrected chi connectivity index (χ4v) is 11.1. The number of anilines is 3. The summed E-state index contributed by atoms with van der Waals surface area (Å²) >= 11 is 0. The van der Waals surface area contributed by atoms with Crippen LogP contribution in [0.4, 0.5) is 17.1 Å². The van der Waals surface area contributed by atoms with E-state index in [1.807, 2.05) is 0 Å². The van der Waals surface area contributed by atoms with Gasteiger partial charge in [-0.25, -0.2) is 0 Å². The maximum Gasteiger partial charge on any atom is 0.0547 e. The third-order valence-electron chi connectivity index (χ3n) is 14.2. The standard InChI is InChI=1S/C66H42N2/c1-3-19-52(20-4-1)67(53-21-5-2-6-22-53)54-32-33-58-62(41-54)57-24-12-11-23-56(57)61-40-49-31-34-65-66(60(49)42-63(58)61)59-25-13-14-26-64(59)68(65)55-38-50(47-29-27-43-15-7-9-17-45(43)35-47)37-51(39-55)48-30-28-44-16-8-10-18-46(44)36-48/h1-42H. The van der Waals surface area contributed by atoms with Crippen LogP contribution in [0.15, 0.2) is 255 Å². The zero-order chi connectivity index (χ0) is 44.7. The summed E-state index contributed by atoms with van der Waals surface area (Å²) in [4.78, 5) is 2.36. The molecule has 316 valence electrons. The van der Waals surface area contributed by atoms with Gasteiger partial charge < -0.3 is 9.47 Å². The van der Waals surface area contributed by atoms with Crippen molar-refractivity contribution in [3.05, 3.63) is 255 Å². The molecule has 0 aliphatic carbocycles. The van der Waals surface area contributed by atoms with Crippen molar-refractivity contribution in [1.29, 1.82) is 0 Å². The molecule has 0 N–H and O–H groups in total. The van der Waals surface area contributed by atoms with Gasteiger partial charge in [-0.3, -0.25) is 0 Å². The van der Waals surface area contributed by atoms with E-state index in [0.29, 0.717) is 0 Å². The number of para-hydroxylation sites is 3. The van der Waals surface area contributed by atoms with Gasteiger partial charge in [0.15, 0.2) is 0 Å². The Morgan fingerprint density at radius 3 is 1.37 bits per heavy atom. The Kier molecular flexibility index (Phi) is 8.62. The first-order valence-electron chi connectivity index (χ1n) is 23.5. The molecule has 0 saturated heterocycles. The Morgan fingerprint density at radius 2 is 0.735 bits per heavy atom. The van der Waals surface area contributed by atoms with E-state index < -0.39 is 0 Å². The van der Waals surface area contributed by atoms with Gasteiger partial charge in [0.05, 0.1) is 11.0 Å². The number of hydrogen-bond acceptors (Lipinski definition) is 1. The fourth-order valence-electron chi connectivity index (χ4n) is 11.1. The summed E-state index contributed by atoms with van der Waals surface area (Å²) in [7, 11) is 0. The highest BCUT2D eigenvalue weighted by molar-refractivity contribution is 6.31. The first kappa shape index (κ1) is 38.3. The minimum Gasteiger partial charge on any atom is -0.310 e. The molecule has 1 heterocycles. The van der Waals surface area contributed by atoms with Crippen molar-refractivity contribution in [2.75, 3.05) is 4.90 Å². The second-order valence-electron chi connectivity index (χ2n) is 18.1. The third-order valence-corrected chi connectivity index (χ3v) is 14.2. The Hall–Kier alpha value is -8.98. The molecule has 68 heavy (non-hydrogen) atoms. The predicted molar refractivity (Wildman–Crippen MR) is 291 cm³/mol. The van der Waals surface area contributed by atoms with E-state index in [1.165, 1.54) is 109 Å². The van der Waals surface area contributed by atoms with Crippen LogP contribution in [0.1, 0.15) is 0 Å². The Balaban J connectivity index is 1.02. The smallest absolute Gasteiger partial charge is 0.0547 e. The molecule has 0 fully saturated rings. The van der Waals surface area contributed by atoms with Crippen LogP contribution in [0.2, 0.25) is 0 Å². The Morgan fingerprint density at radius 1 is 0.235 bits per heavy atom. The third kappa shape index (κ3) is 6.12. The summed E-state index contributed by atoms with van der Waals surface area (Å²) in [6.07, 6.45) is 0. The largest absolute Gasteiger partial charge is 0.310 e. The number of hydrogen-bond donors (Lipinski definition) is 0. The molecular weight excluding hydrogens is 821 g/mol. The first-order valence-corrected chi connectivity index (χ1v) is 23.5. The van der Waals surface area contributed by atoms with Gasteiger partial charge >= 0.3 is 0 Å². The molecule has 0 unspecified atom stereocenters. The summed E-state index contributed by atoms with van der Waals surface area (Å²) < 4.78 is 2.50. The SMILES string of the molecule is c1ccc(N(c2ccccc2)c2ccc3c(c2)c2ccccc2c2cc4ccc5c(c4cc32)c2ccccc2n5-c2cc(-c3ccc4ccccc4c3)cc(-c3ccc4ccccc4c3)c2)cc1. The van der Waals surface area contributed by atoms with Crippen molar-refractivity contribution in [2.24, 2.45) is 0 Å². The highest BCUT2D eigenvalue weighted by Crippen LogP contribution is 2.45. The molecule has 2 nitrogen and oxygen atoms in total. The van der Waals surface area contributed by atoms with Crippen LogP contribution in [0.25, 0.3) is 114 Å². The normalized spacial score (nSPS) is 11.8. The van der Waals surface area contributed by atoms with Crippen LogP contribution >= 0.6 is 0 Å². The summed E-state index contributed by atoms with van der Waals surface area (Å²) in [6.45, 7) is 0. The maximum absolute atomic E-state index is 2.50. The summed E-state index contributed by atoms with van der Waals surface area (Å²) in [5, 5.41) is 17.5. The molecule has 13 aromatic carbocycles. The zero-order valence-electron chi connectivity index (χ0n) is 37.1. The van der Waals surface area contributed by atoms with Crippen LogP contribution in [-0.2, 0) is 0 Å². The van der Waals surface area contributed by atoms with Gasteiger partial charge in [-0.1, -0.05) is 164 Å². The summed E-state index contributed by atoms with van der Waals surface area (Å²) in [5.74, 6) is 0.